The maximum atomic E-state index is 10.6. The number of carbonyl (C=O) groups excluding carboxylic acids is 1. The Morgan fingerprint density at radius 1 is 1.82 bits per heavy atom. The van der Waals surface area contributed by atoms with Gasteiger partial charge in [0.05, 0.1) is 18.8 Å². The van der Waals surface area contributed by atoms with Crippen molar-refractivity contribution in [3.63, 3.8) is 0 Å². The van der Waals surface area contributed by atoms with Crippen LogP contribution in [0.3, 0.4) is 0 Å². The number of rotatable bonds is 2. The Hall–Kier alpha value is -0.610. The minimum Gasteiger partial charge on any atom is -0.379 e. The first kappa shape index (κ1) is 8.49. The van der Waals surface area contributed by atoms with Gasteiger partial charge in [0.2, 0.25) is 5.91 Å². The van der Waals surface area contributed by atoms with Crippen LogP contribution >= 0.6 is 0 Å². The predicted molar refractivity (Wildman–Crippen MR) is 40.7 cm³/mol. The summed E-state index contributed by atoms with van der Waals surface area (Å²) < 4.78 is 5.14. The molecule has 1 saturated heterocycles. The molecule has 1 aliphatic heterocycles. The summed E-state index contributed by atoms with van der Waals surface area (Å²) in [5, 5.41) is 0. The van der Waals surface area contributed by atoms with Crippen molar-refractivity contribution in [2.75, 3.05) is 13.2 Å². The van der Waals surface area contributed by atoms with Gasteiger partial charge in [-0.3, -0.25) is 4.79 Å². The highest BCUT2D eigenvalue weighted by atomic mass is 16.5. The lowest BCUT2D eigenvalue weighted by Gasteiger charge is -2.24. The summed E-state index contributed by atoms with van der Waals surface area (Å²) in [6, 6.07) is 0. The first-order valence-electron chi connectivity index (χ1n) is 3.69. The van der Waals surface area contributed by atoms with Crippen LogP contribution in [0.2, 0.25) is 0 Å². The number of hydrogen-bond acceptors (Lipinski definition) is 3. The number of hydrogen-bond donors (Lipinski definition) is 2. The fourth-order valence-electron chi connectivity index (χ4n) is 1.28. The fourth-order valence-corrected chi connectivity index (χ4v) is 1.28. The largest absolute Gasteiger partial charge is 0.379 e. The number of primary amides is 1. The molecule has 0 aromatic carbocycles. The molecular weight excluding hydrogens is 144 g/mol. The zero-order chi connectivity index (χ0) is 8.48. The summed E-state index contributed by atoms with van der Waals surface area (Å²) in [7, 11) is 0. The second-order valence-electron chi connectivity index (χ2n) is 3.29. The van der Waals surface area contributed by atoms with Crippen LogP contribution in [-0.4, -0.2) is 24.7 Å². The number of carbonyl (C=O) groups is 1. The van der Waals surface area contributed by atoms with Crippen LogP contribution in [0.4, 0.5) is 0 Å². The number of nitrogens with two attached hydrogens (primary N) is 2. The SMILES string of the molecule is CC1COCC1(N)CC(N)=O. The molecule has 4 nitrogen and oxygen atoms in total. The summed E-state index contributed by atoms with van der Waals surface area (Å²) in [6.45, 7) is 3.04. The molecule has 2 atom stereocenters. The molecule has 4 N–H and O–H groups in total. The molecule has 11 heavy (non-hydrogen) atoms. The summed E-state index contributed by atoms with van der Waals surface area (Å²) in [5.41, 5.74) is 10.4. The van der Waals surface area contributed by atoms with E-state index in [9.17, 15) is 4.79 Å². The van der Waals surface area contributed by atoms with Gasteiger partial charge in [0.1, 0.15) is 0 Å². The van der Waals surface area contributed by atoms with Crippen molar-refractivity contribution in [3.8, 4) is 0 Å². The Bertz CT molecular complexity index is 172. The van der Waals surface area contributed by atoms with Crippen molar-refractivity contribution < 1.29 is 9.53 Å². The van der Waals surface area contributed by atoms with Gasteiger partial charge in [-0.1, -0.05) is 6.92 Å². The van der Waals surface area contributed by atoms with Gasteiger partial charge in [0.25, 0.3) is 0 Å². The third-order valence-corrected chi connectivity index (χ3v) is 2.22. The summed E-state index contributed by atoms with van der Waals surface area (Å²) in [6.07, 6.45) is 0.216. The molecule has 64 valence electrons. The van der Waals surface area contributed by atoms with Gasteiger partial charge < -0.3 is 16.2 Å². The van der Waals surface area contributed by atoms with Crippen LogP contribution in [0.25, 0.3) is 0 Å². The monoisotopic (exact) mass is 158 g/mol. The molecular formula is C7H14N2O2. The van der Waals surface area contributed by atoms with Crippen LogP contribution < -0.4 is 11.5 Å². The second-order valence-corrected chi connectivity index (χ2v) is 3.29. The highest BCUT2D eigenvalue weighted by molar-refractivity contribution is 5.75. The highest BCUT2D eigenvalue weighted by Gasteiger charge is 2.38. The average molecular weight is 158 g/mol. The Morgan fingerprint density at radius 2 is 2.45 bits per heavy atom. The van der Waals surface area contributed by atoms with Crippen LogP contribution in [0, 0.1) is 5.92 Å². The van der Waals surface area contributed by atoms with E-state index < -0.39 is 5.54 Å². The van der Waals surface area contributed by atoms with E-state index in [0.717, 1.165) is 0 Å². The Labute approximate surface area is 65.9 Å². The molecule has 1 aliphatic rings. The minimum absolute atomic E-state index is 0.216. The van der Waals surface area contributed by atoms with Crippen molar-refractivity contribution in [2.45, 2.75) is 18.9 Å². The van der Waals surface area contributed by atoms with E-state index in [-0.39, 0.29) is 18.2 Å². The fraction of sp³-hybridized carbons (Fsp3) is 0.857. The standard InChI is InChI=1S/C7H14N2O2/c1-5-3-11-4-7(5,9)2-6(8)10/h5H,2-4,9H2,1H3,(H2,8,10). The van der Waals surface area contributed by atoms with Crippen molar-refractivity contribution in [1.29, 1.82) is 0 Å². The van der Waals surface area contributed by atoms with E-state index in [2.05, 4.69) is 0 Å². The quantitative estimate of drug-likeness (QED) is 0.553. The lowest BCUT2D eigenvalue weighted by Crippen LogP contribution is -2.48. The molecule has 0 bridgehead atoms. The van der Waals surface area contributed by atoms with Gasteiger partial charge in [-0.05, 0) is 0 Å². The Morgan fingerprint density at radius 3 is 2.82 bits per heavy atom. The zero-order valence-corrected chi connectivity index (χ0v) is 6.67. The molecule has 1 heterocycles. The van der Waals surface area contributed by atoms with E-state index >= 15 is 0 Å². The molecule has 4 heteroatoms. The highest BCUT2D eigenvalue weighted by Crippen LogP contribution is 2.25. The summed E-state index contributed by atoms with van der Waals surface area (Å²) in [5.74, 6) is -0.139. The maximum Gasteiger partial charge on any atom is 0.219 e. The van der Waals surface area contributed by atoms with Gasteiger partial charge in [-0.25, -0.2) is 0 Å². The molecule has 0 radical (unpaired) electrons. The van der Waals surface area contributed by atoms with Crippen molar-refractivity contribution in [2.24, 2.45) is 17.4 Å². The van der Waals surface area contributed by atoms with E-state index in [1.54, 1.807) is 0 Å². The van der Waals surface area contributed by atoms with E-state index in [1.165, 1.54) is 0 Å². The topological polar surface area (TPSA) is 78.3 Å². The van der Waals surface area contributed by atoms with Crippen LogP contribution in [0.1, 0.15) is 13.3 Å². The van der Waals surface area contributed by atoms with E-state index in [4.69, 9.17) is 16.2 Å². The van der Waals surface area contributed by atoms with Gasteiger partial charge in [0.15, 0.2) is 0 Å². The molecule has 0 saturated carbocycles. The molecule has 0 aromatic rings. The molecule has 0 aromatic heterocycles. The van der Waals surface area contributed by atoms with Gasteiger partial charge in [0, 0.05) is 12.3 Å². The maximum absolute atomic E-state index is 10.6. The minimum atomic E-state index is -0.522. The molecule has 1 amide bonds. The van der Waals surface area contributed by atoms with Gasteiger partial charge in [-0.15, -0.1) is 0 Å². The second kappa shape index (κ2) is 2.79. The molecule has 1 rings (SSSR count). The smallest absolute Gasteiger partial charge is 0.219 e. The normalized spacial score (nSPS) is 37.5. The predicted octanol–water partition coefficient (Wildman–Crippen LogP) is -0.774. The van der Waals surface area contributed by atoms with Crippen LogP contribution in [0.15, 0.2) is 0 Å². The van der Waals surface area contributed by atoms with Crippen molar-refractivity contribution >= 4 is 5.91 Å². The first-order valence-corrected chi connectivity index (χ1v) is 3.69. The summed E-state index contributed by atoms with van der Waals surface area (Å²) >= 11 is 0. The molecule has 1 fully saturated rings. The van der Waals surface area contributed by atoms with E-state index in [0.29, 0.717) is 13.2 Å². The molecule has 0 aliphatic carbocycles. The summed E-state index contributed by atoms with van der Waals surface area (Å²) in [4.78, 5) is 10.6. The van der Waals surface area contributed by atoms with Gasteiger partial charge >= 0.3 is 0 Å². The third kappa shape index (κ3) is 1.70. The Kier molecular flexibility index (Phi) is 2.15. The van der Waals surface area contributed by atoms with Crippen LogP contribution in [0.5, 0.6) is 0 Å². The zero-order valence-electron chi connectivity index (χ0n) is 6.67. The third-order valence-electron chi connectivity index (χ3n) is 2.22. The lowest BCUT2D eigenvalue weighted by atomic mass is 9.86. The van der Waals surface area contributed by atoms with Crippen LogP contribution in [-0.2, 0) is 9.53 Å². The lowest BCUT2D eigenvalue weighted by molar-refractivity contribution is -0.119. The van der Waals surface area contributed by atoms with Gasteiger partial charge in [-0.2, -0.15) is 0 Å². The molecule has 2 unspecified atom stereocenters. The molecule has 0 spiro atoms. The Balaban J connectivity index is 2.58. The van der Waals surface area contributed by atoms with E-state index in [1.807, 2.05) is 6.92 Å². The van der Waals surface area contributed by atoms with Crippen molar-refractivity contribution in [3.05, 3.63) is 0 Å². The number of amides is 1. The van der Waals surface area contributed by atoms with Crippen molar-refractivity contribution in [1.82, 2.24) is 0 Å². The average Bonchev–Trinajstić information content (AvgIpc) is 2.11. The first-order chi connectivity index (χ1) is 5.04. The number of ether oxygens (including phenoxy) is 1.